The third-order valence-corrected chi connectivity index (χ3v) is 3.14. The second-order valence-corrected chi connectivity index (χ2v) is 4.94. The monoisotopic (exact) mass is 289 g/mol. The van der Waals surface area contributed by atoms with Crippen molar-refractivity contribution in [2.45, 2.75) is 24.6 Å². The number of nitrogens with two attached hydrogens (primary N) is 1. The minimum absolute atomic E-state index is 0.194. The van der Waals surface area contributed by atoms with Gasteiger partial charge in [0.25, 0.3) is 0 Å². The lowest BCUT2D eigenvalue weighted by Crippen LogP contribution is -2.33. The fraction of sp³-hybridized carbons (Fsp3) is 0.545. The summed E-state index contributed by atoms with van der Waals surface area (Å²) in [5.41, 5.74) is 6.03. The molecular formula is C11H19N3O4S. The minimum Gasteiger partial charge on any atom is -0.493 e. The summed E-state index contributed by atoms with van der Waals surface area (Å²) >= 11 is 1.30. The number of hydrogen-bond donors (Lipinski definition) is 3. The summed E-state index contributed by atoms with van der Waals surface area (Å²) in [6, 6.07) is 0.678. The average molecular weight is 289 g/mol. The number of aryl methyl sites for hydroxylation is 2. The summed E-state index contributed by atoms with van der Waals surface area (Å²) in [6.07, 6.45) is 2.65. The SMILES string of the molecule is CSC(C=O)CC(N)C(=O)O.Cc1cc(O)n(C)n1. The molecule has 0 fully saturated rings. The van der Waals surface area contributed by atoms with Gasteiger partial charge in [-0.15, -0.1) is 0 Å². The van der Waals surface area contributed by atoms with E-state index in [1.165, 1.54) is 16.4 Å². The van der Waals surface area contributed by atoms with Gasteiger partial charge >= 0.3 is 5.97 Å². The van der Waals surface area contributed by atoms with Gasteiger partial charge in [-0.25, -0.2) is 4.68 Å². The van der Waals surface area contributed by atoms with E-state index in [0.717, 1.165) is 5.69 Å². The first-order valence-corrected chi connectivity index (χ1v) is 6.76. The Morgan fingerprint density at radius 1 is 1.68 bits per heavy atom. The van der Waals surface area contributed by atoms with Crippen molar-refractivity contribution in [1.29, 1.82) is 0 Å². The third kappa shape index (κ3) is 6.82. The fourth-order valence-electron chi connectivity index (χ4n) is 1.16. The van der Waals surface area contributed by atoms with Crippen LogP contribution in [0.1, 0.15) is 12.1 Å². The van der Waals surface area contributed by atoms with Gasteiger partial charge in [0.15, 0.2) is 0 Å². The smallest absolute Gasteiger partial charge is 0.320 e. The highest BCUT2D eigenvalue weighted by Gasteiger charge is 2.16. The quantitative estimate of drug-likeness (QED) is 0.660. The van der Waals surface area contributed by atoms with Gasteiger partial charge in [-0.2, -0.15) is 16.9 Å². The van der Waals surface area contributed by atoms with Gasteiger partial charge in [0.05, 0.1) is 10.9 Å². The Kier molecular flexibility index (Phi) is 7.85. The highest BCUT2D eigenvalue weighted by atomic mass is 32.2. The molecular weight excluding hydrogens is 270 g/mol. The number of nitrogens with zero attached hydrogens (tertiary/aromatic N) is 2. The normalized spacial score (nSPS) is 13.1. The van der Waals surface area contributed by atoms with E-state index in [-0.39, 0.29) is 17.6 Å². The lowest BCUT2D eigenvalue weighted by Gasteiger charge is -2.09. The zero-order valence-corrected chi connectivity index (χ0v) is 11.9. The predicted octanol–water partition coefficient (Wildman–Crippen LogP) is 0.153. The molecule has 0 spiro atoms. The second kappa shape index (κ2) is 8.54. The van der Waals surface area contributed by atoms with E-state index in [4.69, 9.17) is 15.9 Å². The average Bonchev–Trinajstić information content (AvgIpc) is 2.63. The largest absolute Gasteiger partial charge is 0.493 e. The first-order valence-electron chi connectivity index (χ1n) is 5.47. The number of carbonyl (C=O) groups is 2. The van der Waals surface area contributed by atoms with Crippen LogP contribution in [0.3, 0.4) is 0 Å². The van der Waals surface area contributed by atoms with Crippen molar-refractivity contribution in [3.63, 3.8) is 0 Å². The van der Waals surface area contributed by atoms with Crippen LogP contribution in [-0.2, 0) is 16.6 Å². The van der Waals surface area contributed by atoms with E-state index in [0.29, 0.717) is 6.29 Å². The van der Waals surface area contributed by atoms with Crippen LogP contribution >= 0.6 is 11.8 Å². The lowest BCUT2D eigenvalue weighted by atomic mass is 10.2. The molecule has 1 rings (SSSR count). The highest BCUT2D eigenvalue weighted by molar-refractivity contribution is 7.99. The molecule has 1 aromatic heterocycles. The number of aliphatic carboxylic acids is 1. The van der Waals surface area contributed by atoms with E-state index >= 15 is 0 Å². The molecule has 0 radical (unpaired) electrons. The van der Waals surface area contributed by atoms with Crippen LogP contribution < -0.4 is 5.73 Å². The van der Waals surface area contributed by atoms with Crippen molar-refractivity contribution in [2.75, 3.05) is 6.26 Å². The van der Waals surface area contributed by atoms with Gasteiger partial charge in [-0.1, -0.05) is 0 Å². The summed E-state index contributed by atoms with van der Waals surface area (Å²) in [6.45, 7) is 1.83. The summed E-state index contributed by atoms with van der Waals surface area (Å²) in [5, 5.41) is 20.8. The van der Waals surface area contributed by atoms with Gasteiger partial charge in [0, 0.05) is 13.1 Å². The number of carboxylic acids is 1. The summed E-state index contributed by atoms with van der Waals surface area (Å²) in [7, 11) is 1.70. The molecule has 0 saturated heterocycles. The number of rotatable bonds is 5. The van der Waals surface area contributed by atoms with Gasteiger partial charge < -0.3 is 20.7 Å². The maximum absolute atomic E-state index is 10.2. The van der Waals surface area contributed by atoms with Crippen LogP contribution in [0, 0.1) is 6.92 Å². The maximum Gasteiger partial charge on any atom is 0.320 e. The molecule has 0 aliphatic heterocycles. The summed E-state index contributed by atoms with van der Waals surface area (Å²) in [5.74, 6) is -0.853. The third-order valence-electron chi connectivity index (χ3n) is 2.24. The van der Waals surface area contributed by atoms with Crippen molar-refractivity contribution in [2.24, 2.45) is 12.8 Å². The molecule has 108 valence electrons. The summed E-state index contributed by atoms with van der Waals surface area (Å²) < 4.78 is 1.43. The van der Waals surface area contributed by atoms with Crippen molar-refractivity contribution < 1.29 is 19.8 Å². The number of aromatic hydroxyl groups is 1. The van der Waals surface area contributed by atoms with E-state index in [2.05, 4.69) is 5.10 Å². The van der Waals surface area contributed by atoms with Crippen LogP contribution in [0.2, 0.25) is 0 Å². The Morgan fingerprint density at radius 2 is 2.26 bits per heavy atom. The number of thioether (sulfide) groups is 1. The van der Waals surface area contributed by atoms with Gasteiger partial charge in [-0.3, -0.25) is 4.79 Å². The van der Waals surface area contributed by atoms with Crippen molar-refractivity contribution >= 4 is 24.0 Å². The Hall–Kier alpha value is -1.54. The van der Waals surface area contributed by atoms with Crippen LogP contribution in [0.5, 0.6) is 5.88 Å². The Morgan fingerprint density at radius 3 is 2.47 bits per heavy atom. The van der Waals surface area contributed by atoms with E-state index < -0.39 is 12.0 Å². The lowest BCUT2D eigenvalue weighted by molar-refractivity contribution is -0.138. The molecule has 4 N–H and O–H groups in total. The molecule has 19 heavy (non-hydrogen) atoms. The topological polar surface area (TPSA) is 118 Å². The zero-order valence-electron chi connectivity index (χ0n) is 11.1. The Balaban J connectivity index is 0.000000356. The molecule has 2 atom stereocenters. The first-order chi connectivity index (χ1) is 8.81. The Labute approximate surface area is 115 Å². The van der Waals surface area contributed by atoms with Crippen molar-refractivity contribution in [1.82, 2.24) is 9.78 Å². The molecule has 8 heteroatoms. The zero-order chi connectivity index (χ0) is 15.0. The number of hydrogen-bond acceptors (Lipinski definition) is 6. The van der Waals surface area contributed by atoms with Crippen LogP contribution in [0.4, 0.5) is 0 Å². The second-order valence-electron chi connectivity index (χ2n) is 3.86. The standard InChI is InChI=1S/C6H11NO3S.C5H8N2O/c1-11-4(3-8)2-5(7)6(9)10;1-4-3-5(8)7(2)6-4/h3-5H,2,7H2,1H3,(H,9,10);3,8H,1-2H3. The number of aromatic nitrogens is 2. The summed E-state index contributed by atoms with van der Waals surface area (Å²) in [4.78, 5) is 20.4. The van der Waals surface area contributed by atoms with Crippen LogP contribution in [-0.4, -0.2) is 49.8 Å². The first kappa shape index (κ1) is 17.5. The molecule has 1 aromatic rings. The molecule has 0 saturated carbocycles. The van der Waals surface area contributed by atoms with E-state index in [1.54, 1.807) is 19.4 Å². The van der Waals surface area contributed by atoms with E-state index in [1.807, 2.05) is 6.92 Å². The molecule has 2 unspecified atom stereocenters. The predicted molar refractivity (Wildman–Crippen MR) is 73.2 cm³/mol. The number of carboxylic acid groups (broad SMARTS) is 1. The molecule has 0 aliphatic carbocycles. The highest BCUT2D eigenvalue weighted by Crippen LogP contribution is 2.09. The molecule has 0 aromatic carbocycles. The molecule has 7 nitrogen and oxygen atoms in total. The Bertz CT molecular complexity index is 403. The molecule has 0 bridgehead atoms. The minimum atomic E-state index is -1.06. The van der Waals surface area contributed by atoms with Gasteiger partial charge in [0.1, 0.15) is 12.3 Å². The van der Waals surface area contributed by atoms with Gasteiger partial charge in [0.2, 0.25) is 5.88 Å². The van der Waals surface area contributed by atoms with Crippen molar-refractivity contribution in [3.8, 4) is 5.88 Å². The van der Waals surface area contributed by atoms with Gasteiger partial charge in [-0.05, 0) is 19.6 Å². The molecule has 0 amide bonds. The fourth-order valence-corrected chi connectivity index (χ4v) is 1.67. The number of aldehydes is 1. The molecule has 0 aliphatic rings. The molecule has 1 heterocycles. The van der Waals surface area contributed by atoms with E-state index in [9.17, 15) is 9.59 Å². The van der Waals surface area contributed by atoms with Crippen LogP contribution in [0.15, 0.2) is 6.07 Å². The van der Waals surface area contributed by atoms with Crippen molar-refractivity contribution in [3.05, 3.63) is 11.8 Å². The number of carbonyl (C=O) groups excluding carboxylic acids is 1. The maximum atomic E-state index is 10.2. The van der Waals surface area contributed by atoms with Crippen LogP contribution in [0.25, 0.3) is 0 Å².